The maximum absolute atomic E-state index is 13.3. The minimum absolute atomic E-state index is 0.0128. The van der Waals surface area contributed by atoms with Crippen molar-refractivity contribution in [2.45, 2.75) is 19.1 Å². The van der Waals surface area contributed by atoms with E-state index in [0.29, 0.717) is 0 Å². The fourth-order valence-electron chi connectivity index (χ4n) is 1.40. The number of hydrogen-bond acceptors (Lipinski definition) is 3. The Morgan fingerprint density at radius 1 is 1.21 bits per heavy atom. The quantitative estimate of drug-likeness (QED) is 0.564. The van der Waals surface area contributed by atoms with Gasteiger partial charge in [-0.05, 0) is 0 Å². The van der Waals surface area contributed by atoms with Crippen LogP contribution >= 0.6 is 0 Å². The summed E-state index contributed by atoms with van der Waals surface area (Å²) in [5, 5.41) is 21.0. The molecule has 3 N–H and O–H groups in total. The number of carbonyl (C=O) groups is 1. The van der Waals surface area contributed by atoms with Crippen LogP contribution in [0.15, 0.2) is 6.07 Å². The molecule has 0 heterocycles. The number of halogens is 4. The maximum atomic E-state index is 13.3. The van der Waals surface area contributed by atoms with Crippen LogP contribution in [0.1, 0.15) is 18.6 Å². The first-order valence-corrected chi connectivity index (χ1v) is 5.19. The SMILES string of the molecule is CC(=O)NCC(O)C(O)c1c(F)c(F)cc(F)c1F. The number of rotatable bonds is 4. The molecule has 0 aliphatic heterocycles. The van der Waals surface area contributed by atoms with Crippen LogP contribution < -0.4 is 5.32 Å². The number of carbonyl (C=O) groups excluding carboxylic acids is 1. The highest BCUT2D eigenvalue weighted by molar-refractivity contribution is 5.72. The number of benzene rings is 1. The second-order valence-electron chi connectivity index (χ2n) is 3.83. The van der Waals surface area contributed by atoms with E-state index in [1.807, 2.05) is 0 Å². The third-order valence-corrected chi connectivity index (χ3v) is 2.37. The van der Waals surface area contributed by atoms with Crippen molar-refractivity contribution in [3.05, 3.63) is 34.9 Å². The molecule has 0 radical (unpaired) electrons. The maximum Gasteiger partial charge on any atom is 0.216 e. The van der Waals surface area contributed by atoms with Crippen molar-refractivity contribution in [2.24, 2.45) is 0 Å². The van der Waals surface area contributed by atoms with Gasteiger partial charge in [-0.2, -0.15) is 0 Å². The normalized spacial score (nSPS) is 14.1. The van der Waals surface area contributed by atoms with Gasteiger partial charge in [-0.25, -0.2) is 17.6 Å². The molecule has 0 saturated heterocycles. The van der Waals surface area contributed by atoms with E-state index in [0.717, 1.165) is 6.92 Å². The van der Waals surface area contributed by atoms with Crippen molar-refractivity contribution in [3.8, 4) is 0 Å². The van der Waals surface area contributed by atoms with Crippen LogP contribution in [0.2, 0.25) is 0 Å². The van der Waals surface area contributed by atoms with Gasteiger partial charge in [-0.1, -0.05) is 0 Å². The Kier molecular flexibility index (Phi) is 4.84. The standard InChI is InChI=1S/C11H11F4NO3/c1-4(17)16-3-7(18)11(19)8-9(14)5(12)2-6(13)10(8)15/h2,7,11,18-19H,3H2,1H3,(H,16,17). The van der Waals surface area contributed by atoms with E-state index in [1.54, 1.807) is 0 Å². The Morgan fingerprint density at radius 2 is 1.68 bits per heavy atom. The monoisotopic (exact) mass is 281 g/mol. The molecule has 0 aliphatic rings. The Morgan fingerprint density at radius 3 is 2.11 bits per heavy atom. The molecule has 0 aromatic heterocycles. The van der Waals surface area contributed by atoms with E-state index in [1.165, 1.54) is 0 Å². The first-order valence-electron chi connectivity index (χ1n) is 5.19. The van der Waals surface area contributed by atoms with Gasteiger partial charge in [0.1, 0.15) is 12.2 Å². The summed E-state index contributed by atoms with van der Waals surface area (Å²) in [6.45, 7) is 0.579. The number of amides is 1. The third kappa shape index (κ3) is 3.42. The zero-order chi connectivity index (χ0) is 14.7. The van der Waals surface area contributed by atoms with Crippen molar-refractivity contribution in [3.63, 3.8) is 0 Å². The molecule has 2 unspecified atom stereocenters. The van der Waals surface area contributed by atoms with Crippen LogP contribution in [0.3, 0.4) is 0 Å². The average Bonchev–Trinajstić information content (AvgIpc) is 2.33. The molecule has 19 heavy (non-hydrogen) atoms. The molecule has 1 rings (SSSR count). The lowest BCUT2D eigenvalue weighted by Gasteiger charge is -2.19. The van der Waals surface area contributed by atoms with Gasteiger partial charge in [-0.15, -0.1) is 0 Å². The topological polar surface area (TPSA) is 69.6 Å². The van der Waals surface area contributed by atoms with Crippen LogP contribution in [-0.2, 0) is 4.79 Å². The minimum atomic E-state index is -2.22. The van der Waals surface area contributed by atoms with Gasteiger partial charge in [0, 0.05) is 19.5 Å². The summed E-state index contributed by atoms with van der Waals surface area (Å²) in [4.78, 5) is 10.6. The summed E-state index contributed by atoms with van der Waals surface area (Å²) in [6, 6.07) is -0.0128. The Hall–Kier alpha value is -1.67. The summed E-state index contributed by atoms with van der Waals surface area (Å²) in [5.74, 6) is -7.54. The summed E-state index contributed by atoms with van der Waals surface area (Å²) >= 11 is 0. The Bertz CT molecular complexity index is 469. The zero-order valence-corrected chi connectivity index (χ0v) is 9.75. The van der Waals surface area contributed by atoms with Crippen molar-refractivity contribution < 1.29 is 32.6 Å². The molecule has 1 aromatic carbocycles. The van der Waals surface area contributed by atoms with Crippen molar-refractivity contribution in [1.82, 2.24) is 5.32 Å². The summed E-state index contributed by atoms with van der Waals surface area (Å²) in [6.07, 6.45) is -4.05. The van der Waals surface area contributed by atoms with Gasteiger partial charge < -0.3 is 15.5 Å². The van der Waals surface area contributed by atoms with E-state index < -0.39 is 53.5 Å². The number of aliphatic hydroxyl groups is 2. The summed E-state index contributed by atoms with van der Waals surface area (Å²) < 4.78 is 52.5. The first-order chi connectivity index (χ1) is 8.75. The predicted molar refractivity (Wildman–Crippen MR) is 55.9 cm³/mol. The predicted octanol–water partition coefficient (Wildman–Crippen LogP) is 0.773. The van der Waals surface area contributed by atoms with E-state index in [2.05, 4.69) is 5.32 Å². The van der Waals surface area contributed by atoms with Crippen LogP contribution in [0.4, 0.5) is 17.6 Å². The molecule has 4 nitrogen and oxygen atoms in total. The molecule has 0 fully saturated rings. The van der Waals surface area contributed by atoms with Crippen LogP contribution in [0.5, 0.6) is 0 Å². The Balaban J connectivity index is 3.05. The fraction of sp³-hybridized carbons (Fsp3) is 0.364. The molecule has 1 aromatic rings. The molecule has 2 atom stereocenters. The average molecular weight is 281 g/mol. The lowest BCUT2D eigenvalue weighted by atomic mass is 10.0. The lowest BCUT2D eigenvalue weighted by molar-refractivity contribution is -0.119. The van der Waals surface area contributed by atoms with Gasteiger partial charge in [0.05, 0.1) is 5.56 Å². The molecule has 8 heteroatoms. The highest BCUT2D eigenvalue weighted by atomic mass is 19.2. The largest absolute Gasteiger partial charge is 0.388 e. The van der Waals surface area contributed by atoms with E-state index in [9.17, 15) is 32.6 Å². The molecule has 0 spiro atoms. The minimum Gasteiger partial charge on any atom is -0.388 e. The molecular weight excluding hydrogens is 270 g/mol. The van der Waals surface area contributed by atoms with Crippen molar-refractivity contribution in [1.29, 1.82) is 0 Å². The van der Waals surface area contributed by atoms with Crippen LogP contribution in [0.25, 0.3) is 0 Å². The second-order valence-corrected chi connectivity index (χ2v) is 3.83. The molecule has 0 aliphatic carbocycles. The van der Waals surface area contributed by atoms with Crippen LogP contribution in [-0.4, -0.2) is 28.8 Å². The summed E-state index contributed by atoms with van der Waals surface area (Å²) in [7, 11) is 0. The number of hydrogen-bond donors (Lipinski definition) is 3. The van der Waals surface area contributed by atoms with Gasteiger partial charge in [0.25, 0.3) is 0 Å². The zero-order valence-electron chi connectivity index (χ0n) is 9.75. The summed E-state index contributed by atoms with van der Waals surface area (Å²) in [5.41, 5.74) is -1.32. The molecule has 106 valence electrons. The van der Waals surface area contributed by atoms with Gasteiger partial charge in [0.2, 0.25) is 5.91 Å². The lowest BCUT2D eigenvalue weighted by Crippen LogP contribution is -2.35. The molecule has 1 amide bonds. The van der Waals surface area contributed by atoms with Gasteiger partial charge in [-0.3, -0.25) is 4.79 Å². The van der Waals surface area contributed by atoms with E-state index >= 15 is 0 Å². The van der Waals surface area contributed by atoms with E-state index in [4.69, 9.17) is 0 Å². The van der Waals surface area contributed by atoms with Crippen LogP contribution in [0, 0.1) is 23.3 Å². The fourth-order valence-corrected chi connectivity index (χ4v) is 1.40. The van der Waals surface area contributed by atoms with Gasteiger partial charge in [0.15, 0.2) is 23.3 Å². The second kappa shape index (κ2) is 5.98. The van der Waals surface area contributed by atoms with E-state index in [-0.39, 0.29) is 6.07 Å². The smallest absolute Gasteiger partial charge is 0.216 e. The number of aliphatic hydroxyl groups excluding tert-OH is 2. The highest BCUT2D eigenvalue weighted by Crippen LogP contribution is 2.27. The molecule has 0 bridgehead atoms. The highest BCUT2D eigenvalue weighted by Gasteiger charge is 2.29. The van der Waals surface area contributed by atoms with Crippen molar-refractivity contribution in [2.75, 3.05) is 6.54 Å². The molecule has 0 saturated carbocycles. The molecular formula is C11H11F4NO3. The number of nitrogens with one attached hydrogen (secondary N) is 1. The van der Waals surface area contributed by atoms with Gasteiger partial charge >= 0.3 is 0 Å². The van der Waals surface area contributed by atoms with Crippen molar-refractivity contribution >= 4 is 5.91 Å². The Labute approximate surface area is 105 Å². The first kappa shape index (κ1) is 15.4. The third-order valence-electron chi connectivity index (χ3n) is 2.37.